The molecule has 1 aliphatic rings. The van der Waals surface area contributed by atoms with Gasteiger partial charge in [-0.15, -0.1) is 0 Å². The second-order valence-corrected chi connectivity index (χ2v) is 7.67. The molecular formula is C17H20N2O4S. The molecule has 0 radical (unpaired) electrons. The number of likely N-dealkylation sites (tertiary alicyclic amines) is 1. The Morgan fingerprint density at radius 3 is 2.67 bits per heavy atom. The van der Waals surface area contributed by atoms with E-state index in [1.165, 1.54) is 6.26 Å². The van der Waals surface area contributed by atoms with Crippen molar-refractivity contribution in [3.63, 3.8) is 0 Å². The van der Waals surface area contributed by atoms with Crippen LogP contribution in [0.5, 0.6) is 0 Å². The van der Waals surface area contributed by atoms with Crippen molar-refractivity contribution in [1.82, 2.24) is 9.62 Å². The van der Waals surface area contributed by atoms with Crippen molar-refractivity contribution in [3.05, 3.63) is 54.0 Å². The highest BCUT2D eigenvalue weighted by atomic mass is 32.2. The predicted molar refractivity (Wildman–Crippen MR) is 89.1 cm³/mol. The fraction of sp³-hybridized carbons (Fsp3) is 0.353. The minimum Gasteiger partial charge on any atom is -0.459 e. The van der Waals surface area contributed by atoms with E-state index in [2.05, 4.69) is 4.72 Å². The molecule has 6 nitrogen and oxygen atoms in total. The molecule has 1 amide bonds. The van der Waals surface area contributed by atoms with Gasteiger partial charge in [0.2, 0.25) is 10.0 Å². The standard InChI is InChI=1S/C17H20N2O4S/c1-13-9-11-23-16(13)17(20)19-10-5-6-14(12-19)18-24(21,22)15-7-3-2-4-8-15/h2-4,7-9,11,14,18H,5-6,10,12H2,1H3/t14-/m0/s1. The Balaban J connectivity index is 1.70. The van der Waals surface area contributed by atoms with Gasteiger partial charge in [-0.25, -0.2) is 13.1 Å². The van der Waals surface area contributed by atoms with E-state index in [4.69, 9.17) is 4.42 Å². The maximum absolute atomic E-state index is 12.5. The topological polar surface area (TPSA) is 79.6 Å². The number of hydrogen-bond donors (Lipinski definition) is 1. The molecule has 1 aliphatic heterocycles. The number of furan rings is 1. The van der Waals surface area contributed by atoms with Crippen LogP contribution in [0.2, 0.25) is 0 Å². The van der Waals surface area contributed by atoms with E-state index in [1.807, 2.05) is 6.92 Å². The number of nitrogens with one attached hydrogen (secondary N) is 1. The molecule has 0 saturated carbocycles. The van der Waals surface area contributed by atoms with E-state index in [0.29, 0.717) is 25.3 Å². The molecule has 0 spiro atoms. The first-order chi connectivity index (χ1) is 11.5. The molecule has 1 atom stereocenters. The number of carbonyl (C=O) groups excluding carboxylic acids is 1. The summed E-state index contributed by atoms with van der Waals surface area (Å²) >= 11 is 0. The number of nitrogens with zero attached hydrogens (tertiary/aromatic N) is 1. The number of aryl methyl sites for hydroxylation is 1. The number of carbonyl (C=O) groups is 1. The third kappa shape index (κ3) is 3.52. The van der Waals surface area contributed by atoms with E-state index in [1.54, 1.807) is 41.3 Å². The summed E-state index contributed by atoms with van der Waals surface area (Å²) < 4.78 is 32.8. The maximum atomic E-state index is 12.5. The summed E-state index contributed by atoms with van der Waals surface area (Å²) in [5, 5.41) is 0. The minimum atomic E-state index is -3.58. The van der Waals surface area contributed by atoms with Gasteiger partial charge in [-0.2, -0.15) is 0 Å². The first-order valence-electron chi connectivity index (χ1n) is 7.88. The Labute approximate surface area is 141 Å². The Hall–Kier alpha value is -2.12. The lowest BCUT2D eigenvalue weighted by Crippen LogP contribution is -2.49. The zero-order valence-electron chi connectivity index (χ0n) is 13.4. The van der Waals surface area contributed by atoms with Crippen LogP contribution in [0.15, 0.2) is 52.0 Å². The lowest BCUT2D eigenvalue weighted by atomic mass is 10.1. The number of rotatable bonds is 4. The molecule has 2 heterocycles. The lowest BCUT2D eigenvalue weighted by Gasteiger charge is -2.32. The monoisotopic (exact) mass is 348 g/mol. The summed E-state index contributed by atoms with van der Waals surface area (Å²) in [6.07, 6.45) is 2.93. The van der Waals surface area contributed by atoms with Crippen LogP contribution in [-0.4, -0.2) is 38.4 Å². The zero-order chi connectivity index (χ0) is 17.2. The molecule has 128 valence electrons. The van der Waals surface area contributed by atoms with Gasteiger partial charge in [-0.1, -0.05) is 18.2 Å². The van der Waals surface area contributed by atoms with Gasteiger partial charge < -0.3 is 9.32 Å². The Morgan fingerprint density at radius 1 is 1.25 bits per heavy atom. The largest absolute Gasteiger partial charge is 0.459 e. The van der Waals surface area contributed by atoms with E-state index in [9.17, 15) is 13.2 Å². The SMILES string of the molecule is Cc1ccoc1C(=O)N1CCC[C@H](NS(=O)(=O)c2ccccc2)C1. The average molecular weight is 348 g/mol. The van der Waals surface area contributed by atoms with Crippen LogP contribution in [0.25, 0.3) is 0 Å². The summed E-state index contributed by atoms with van der Waals surface area (Å²) in [5.41, 5.74) is 0.784. The highest BCUT2D eigenvalue weighted by molar-refractivity contribution is 7.89. The fourth-order valence-corrected chi connectivity index (χ4v) is 4.16. The van der Waals surface area contributed by atoms with Gasteiger partial charge in [-0.3, -0.25) is 4.79 Å². The molecular weight excluding hydrogens is 328 g/mol. The minimum absolute atomic E-state index is 0.193. The Kier molecular flexibility index (Phi) is 4.73. The van der Waals surface area contributed by atoms with Crippen molar-refractivity contribution in [3.8, 4) is 0 Å². The van der Waals surface area contributed by atoms with Crippen LogP contribution >= 0.6 is 0 Å². The number of sulfonamides is 1. The van der Waals surface area contributed by atoms with Gasteiger partial charge in [-0.05, 0) is 38.0 Å². The van der Waals surface area contributed by atoms with Crippen LogP contribution in [0.4, 0.5) is 0 Å². The molecule has 0 aliphatic carbocycles. The van der Waals surface area contributed by atoms with Gasteiger partial charge in [0.05, 0.1) is 11.2 Å². The molecule has 2 aromatic rings. The number of piperidine rings is 1. The van der Waals surface area contributed by atoms with Crippen LogP contribution in [0.3, 0.4) is 0 Å². The van der Waals surface area contributed by atoms with Crippen LogP contribution in [0.1, 0.15) is 29.0 Å². The van der Waals surface area contributed by atoms with Gasteiger partial charge >= 0.3 is 0 Å². The van der Waals surface area contributed by atoms with E-state index < -0.39 is 10.0 Å². The zero-order valence-corrected chi connectivity index (χ0v) is 14.3. The smallest absolute Gasteiger partial charge is 0.289 e. The van der Waals surface area contributed by atoms with Crippen LogP contribution in [-0.2, 0) is 10.0 Å². The first kappa shape index (κ1) is 16.7. The molecule has 3 rings (SSSR count). The molecule has 1 saturated heterocycles. The van der Waals surface area contributed by atoms with Crippen molar-refractivity contribution in [2.24, 2.45) is 0 Å². The van der Waals surface area contributed by atoms with Crippen molar-refractivity contribution >= 4 is 15.9 Å². The molecule has 1 N–H and O–H groups in total. The number of amides is 1. The molecule has 0 bridgehead atoms. The summed E-state index contributed by atoms with van der Waals surface area (Å²) in [5.74, 6) is 0.127. The van der Waals surface area contributed by atoms with Crippen molar-refractivity contribution in [1.29, 1.82) is 0 Å². The normalized spacial score (nSPS) is 18.5. The van der Waals surface area contributed by atoms with Crippen molar-refractivity contribution in [2.75, 3.05) is 13.1 Å². The summed E-state index contributed by atoms with van der Waals surface area (Å²) in [7, 11) is -3.58. The molecule has 1 aromatic carbocycles. The predicted octanol–water partition coefficient (Wildman–Crippen LogP) is 2.17. The van der Waals surface area contributed by atoms with Crippen LogP contribution < -0.4 is 4.72 Å². The van der Waals surface area contributed by atoms with Crippen LogP contribution in [0, 0.1) is 6.92 Å². The van der Waals surface area contributed by atoms with E-state index in [0.717, 1.165) is 12.0 Å². The summed E-state index contributed by atoms with van der Waals surface area (Å²) in [4.78, 5) is 14.4. The molecule has 1 aromatic heterocycles. The number of hydrogen-bond acceptors (Lipinski definition) is 4. The summed E-state index contributed by atoms with van der Waals surface area (Å²) in [6, 6.07) is 9.69. The second-order valence-electron chi connectivity index (χ2n) is 5.96. The maximum Gasteiger partial charge on any atom is 0.289 e. The molecule has 24 heavy (non-hydrogen) atoms. The lowest BCUT2D eigenvalue weighted by molar-refractivity contribution is 0.0670. The van der Waals surface area contributed by atoms with Gasteiger partial charge in [0.15, 0.2) is 5.76 Å². The Morgan fingerprint density at radius 2 is 2.00 bits per heavy atom. The van der Waals surface area contributed by atoms with Gasteiger partial charge in [0, 0.05) is 24.7 Å². The third-order valence-electron chi connectivity index (χ3n) is 4.14. The molecule has 0 unspecified atom stereocenters. The van der Waals surface area contributed by atoms with Crippen molar-refractivity contribution in [2.45, 2.75) is 30.7 Å². The quantitative estimate of drug-likeness (QED) is 0.918. The highest BCUT2D eigenvalue weighted by Crippen LogP contribution is 2.18. The second kappa shape index (κ2) is 6.78. The first-order valence-corrected chi connectivity index (χ1v) is 9.36. The molecule has 7 heteroatoms. The van der Waals surface area contributed by atoms with Crippen molar-refractivity contribution < 1.29 is 17.6 Å². The Bertz CT molecular complexity index is 814. The average Bonchev–Trinajstić information content (AvgIpc) is 3.01. The highest BCUT2D eigenvalue weighted by Gasteiger charge is 2.29. The third-order valence-corrected chi connectivity index (χ3v) is 5.68. The fourth-order valence-electron chi connectivity index (χ4n) is 2.88. The van der Waals surface area contributed by atoms with E-state index >= 15 is 0 Å². The number of benzene rings is 1. The van der Waals surface area contributed by atoms with E-state index in [-0.39, 0.29) is 16.8 Å². The summed E-state index contributed by atoms with van der Waals surface area (Å²) in [6.45, 7) is 2.75. The van der Waals surface area contributed by atoms with Gasteiger partial charge in [0.1, 0.15) is 0 Å². The molecule has 1 fully saturated rings. The van der Waals surface area contributed by atoms with Gasteiger partial charge in [0.25, 0.3) is 5.91 Å².